The summed E-state index contributed by atoms with van der Waals surface area (Å²) < 4.78 is 0. The second kappa shape index (κ2) is 16.2. The van der Waals surface area contributed by atoms with Crippen molar-refractivity contribution in [2.24, 2.45) is 5.92 Å². The van der Waals surface area contributed by atoms with Gasteiger partial charge in [-0.05, 0) is 54.5 Å². The quantitative estimate of drug-likeness (QED) is 0.116. The van der Waals surface area contributed by atoms with Gasteiger partial charge in [-0.15, -0.1) is 0 Å². The second-order valence-corrected chi connectivity index (χ2v) is 12.6. The molecular weight excluding hydrogens is 606 g/mol. The van der Waals surface area contributed by atoms with Gasteiger partial charge in [-0.2, -0.15) is 0 Å². The number of nitrogens with one attached hydrogen (secondary N) is 5. The van der Waals surface area contributed by atoms with Crippen LogP contribution in [-0.4, -0.2) is 57.9 Å². The van der Waals surface area contributed by atoms with E-state index < -0.39 is 42.0 Å². The number of fused-ring (bicyclic) bond motifs is 2. The lowest BCUT2D eigenvalue weighted by atomic mass is 10.00. The molecule has 6 N–H and O–H groups in total. The number of amides is 4. The van der Waals surface area contributed by atoms with Gasteiger partial charge >= 0.3 is 0 Å². The number of carbonyl (C=O) groups excluding carboxylic acids is 4. The highest BCUT2D eigenvalue weighted by molar-refractivity contribution is 5.94. The molecule has 5 rings (SSSR count). The Morgan fingerprint density at radius 3 is 2.21 bits per heavy atom. The number of para-hydroxylation sites is 1. The molecule has 4 atom stereocenters. The Morgan fingerprint density at radius 1 is 0.833 bits per heavy atom. The Balaban J connectivity index is 1.28. The average molecular weight is 652 g/mol. The van der Waals surface area contributed by atoms with Gasteiger partial charge in [-0.25, -0.2) is 0 Å². The molecule has 4 aromatic rings. The molecule has 4 amide bonds. The molecule has 1 aliphatic rings. The van der Waals surface area contributed by atoms with Gasteiger partial charge in [0.05, 0.1) is 6.04 Å². The lowest BCUT2D eigenvalue weighted by Crippen LogP contribution is -2.58. The minimum atomic E-state index is -1.50. The van der Waals surface area contributed by atoms with Crippen LogP contribution in [0.1, 0.15) is 55.4 Å². The van der Waals surface area contributed by atoms with Gasteiger partial charge < -0.3 is 31.4 Å². The van der Waals surface area contributed by atoms with Crippen LogP contribution >= 0.6 is 0 Å². The van der Waals surface area contributed by atoms with E-state index in [-0.39, 0.29) is 24.8 Å². The zero-order valence-electron chi connectivity index (χ0n) is 27.5. The van der Waals surface area contributed by atoms with Gasteiger partial charge in [-0.1, -0.05) is 92.6 Å². The van der Waals surface area contributed by atoms with Crippen molar-refractivity contribution in [3.8, 4) is 0 Å². The molecule has 10 nitrogen and oxygen atoms in total. The fraction of sp³-hybridized carbons (Fsp3) is 0.368. The summed E-state index contributed by atoms with van der Waals surface area (Å²) in [5, 5.41) is 23.3. The van der Waals surface area contributed by atoms with E-state index in [0.29, 0.717) is 25.7 Å². The number of benzene rings is 3. The highest BCUT2D eigenvalue weighted by Crippen LogP contribution is 2.26. The fourth-order valence-corrected chi connectivity index (χ4v) is 6.26. The minimum Gasteiger partial charge on any atom is -0.381 e. The summed E-state index contributed by atoms with van der Waals surface area (Å²) in [4.78, 5) is 56.8. The van der Waals surface area contributed by atoms with Crippen molar-refractivity contribution in [1.82, 2.24) is 26.3 Å². The largest absolute Gasteiger partial charge is 0.381 e. The van der Waals surface area contributed by atoms with E-state index in [0.717, 1.165) is 39.6 Å². The summed E-state index contributed by atoms with van der Waals surface area (Å²) in [6, 6.07) is 22.2. The average Bonchev–Trinajstić information content (AvgIpc) is 3.73. The van der Waals surface area contributed by atoms with Crippen molar-refractivity contribution < 1.29 is 24.3 Å². The Morgan fingerprint density at radius 2 is 1.50 bits per heavy atom. The lowest BCUT2D eigenvalue weighted by molar-refractivity contribution is -0.135. The maximum atomic E-state index is 13.9. The molecule has 3 aromatic carbocycles. The summed E-state index contributed by atoms with van der Waals surface area (Å²) in [6.45, 7) is 3.82. The number of aromatic amines is 1. The number of aliphatic hydroxyl groups excluding tert-OH is 1. The predicted octanol–water partition coefficient (Wildman–Crippen LogP) is 3.47. The first-order valence-electron chi connectivity index (χ1n) is 16.8. The van der Waals surface area contributed by atoms with Crippen LogP contribution < -0.4 is 21.3 Å². The standard InChI is InChI=1S/C38H45N5O5/c1-3-4-17-32(34(44)38(48)40-22-25-12-6-5-7-13-25)42-37(47)33(21-29-23-39-31-18-11-10-16-30(29)31)43-35(45)24(2)41-36(46)28-19-26-14-8-9-15-27(26)20-28/h5-16,18,23-24,28,32-34,39,44H,3-4,17,19-22H2,1-2H3,(H,40,48)(H,41,46)(H,42,47)(H,43,45)/t24-,32-,33-,34?/m0/s1. The van der Waals surface area contributed by atoms with Gasteiger partial charge in [0.25, 0.3) is 5.91 Å². The summed E-state index contributed by atoms with van der Waals surface area (Å²) in [7, 11) is 0. The number of unbranched alkanes of at least 4 members (excludes halogenated alkanes) is 1. The van der Waals surface area contributed by atoms with E-state index in [1.165, 1.54) is 0 Å². The lowest BCUT2D eigenvalue weighted by Gasteiger charge is -2.27. The number of aliphatic hydroxyl groups is 1. The number of aromatic nitrogens is 1. The molecule has 1 aromatic heterocycles. The highest BCUT2D eigenvalue weighted by atomic mass is 16.3. The number of rotatable bonds is 15. The van der Waals surface area contributed by atoms with Crippen LogP contribution in [0.4, 0.5) is 0 Å². The van der Waals surface area contributed by atoms with Crippen LogP contribution in [-0.2, 0) is 45.0 Å². The van der Waals surface area contributed by atoms with Gasteiger partial charge in [0.1, 0.15) is 12.1 Å². The SMILES string of the molecule is CCCC[C@H](NC(=O)[C@H](Cc1c[nH]c2ccccc12)NC(=O)[C@H](C)NC(=O)C1Cc2ccccc2C1)C(O)C(=O)NCc1ccccc1. The molecule has 1 unspecified atom stereocenters. The molecule has 0 spiro atoms. The first-order chi connectivity index (χ1) is 23.2. The number of H-pyrrole nitrogens is 1. The minimum absolute atomic E-state index is 0.150. The fourth-order valence-electron chi connectivity index (χ4n) is 6.26. The van der Waals surface area contributed by atoms with Gasteiger partial charge in [0, 0.05) is 36.0 Å². The Labute approximate surface area is 281 Å². The van der Waals surface area contributed by atoms with E-state index in [1.807, 2.05) is 85.8 Å². The number of hydrogen-bond donors (Lipinski definition) is 6. The maximum absolute atomic E-state index is 13.9. The molecule has 1 aliphatic carbocycles. The molecule has 0 radical (unpaired) electrons. The second-order valence-electron chi connectivity index (χ2n) is 12.6. The molecule has 0 bridgehead atoms. The predicted molar refractivity (Wildman–Crippen MR) is 185 cm³/mol. The van der Waals surface area contributed by atoms with Crippen LogP contribution in [0.2, 0.25) is 0 Å². The van der Waals surface area contributed by atoms with Crippen LogP contribution in [0, 0.1) is 5.92 Å². The molecular formula is C38H45N5O5. The molecule has 0 fully saturated rings. The van der Waals surface area contributed by atoms with Crippen molar-refractivity contribution >= 4 is 34.5 Å². The highest BCUT2D eigenvalue weighted by Gasteiger charge is 2.33. The summed E-state index contributed by atoms with van der Waals surface area (Å²) in [5.41, 5.74) is 4.87. The molecule has 1 heterocycles. The first-order valence-corrected chi connectivity index (χ1v) is 16.8. The molecule has 0 saturated heterocycles. The Bertz CT molecular complexity index is 1700. The van der Waals surface area contributed by atoms with Gasteiger partial charge in [0.15, 0.2) is 6.10 Å². The van der Waals surface area contributed by atoms with E-state index in [1.54, 1.807) is 13.1 Å². The molecule has 0 saturated carbocycles. The van der Waals surface area contributed by atoms with Crippen LogP contribution in [0.15, 0.2) is 85.1 Å². The Hall–Kier alpha value is -4.96. The topological polar surface area (TPSA) is 152 Å². The van der Waals surface area contributed by atoms with Crippen molar-refractivity contribution in [1.29, 1.82) is 0 Å². The smallest absolute Gasteiger partial charge is 0.251 e. The zero-order valence-corrected chi connectivity index (χ0v) is 27.5. The summed E-state index contributed by atoms with van der Waals surface area (Å²) in [6.07, 6.45) is 3.52. The monoisotopic (exact) mass is 651 g/mol. The van der Waals surface area contributed by atoms with Crippen molar-refractivity contribution in [3.05, 3.63) is 107 Å². The third kappa shape index (κ3) is 8.68. The Kier molecular flexibility index (Phi) is 11.6. The van der Waals surface area contributed by atoms with Crippen molar-refractivity contribution in [3.63, 3.8) is 0 Å². The first kappa shape index (κ1) is 34.4. The third-order valence-corrected chi connectivity index (χ3v) is 9.06. The van der Waals surface area contributed by atoms with Crippen LogP contribution in [0.3, 0.4) is 0 Å². The van der Waals surface area contributed by atoms with Gasteiger partial charge in [0.2, 0.25) is 17.7 Å². The van der Waals surface area contributed by atoms with Crippen LogP contribution in [0.5, 0.6) is 0 Å². The molecule has 0 aliphatic heterocycles. The summed E-state index contributed by atoms with van der Waals surface area (Å²) >= 11 is 0. The maximum Gasteiger partial charge on any atom is 0.251 e. The number of hydrogen-bond acceptors (Lipinski definition) is 5. The van der Waals surface area contributed by atoms with E-state index in [2.05, 4.69) is 26.3 Å². The van der Waals surface area contributed by atoms with Crippen LogP contribution in [0.25, 0.3) is 10.9 Å². The van der Waals surface area contributed by atoms with E-state index >= 15 is 0 Å². The number of carbonyl (C=O) groups is 4. The zero-order chi connectivity index (χ0) is 34.0. The van der Waals surface area contributed by atoms with E-state index in [4.69, 9.17) is 0 Å². The molecule has 252 valence electrons. The van der Waals surface area contributed by atoms with Gasteiger partial charge in [-0.3, -0.25) is 19.2 Å². The normalized spacial score (nSPS) is 15.1. The van der Waals surface area contributed by atoms with E-state index in [9.17, 15) is 24.3 Å². The molecule has 48 heavy (non-hydrogen) atoms. The van der Waals surface area contributed by atoms with Crippen molar-refractivity contribution in [2.45, 2.75) is 83.1 Å². The van der Waals surface area contributed by atoms with Crippen molar-refractivity contribution in [2.75, 3.05) is 0 Å². The summed E-state index contributed by atoms with van der Waals surface area (Å²) in [5.74, 6) is -2.12. The molecule has 10 heteroatoms. The third-order valence-electron chi connectivity index (χ3n) is 9.06.